The number of carbonyl (C=O) groups is 2. The van der Waals surface area contributed by atoms with Gasteiger partial charge in [-0.05, 0) is 18.9 Å². The maximum absolute atomic E-state index is 12.5. The van der Waals surface area contributed by atoms with Crippen LogP contribution in [-0.4, -0.2) is 50.9 Å². The molecule has 0 spiro atoms. The molecule has 0 bridgehead atoms. The van der Waals surface area contributed by atoms with Crippen LogP contribution in [0.1, 0.15) is 31.4 Å². The van der Waals surface area contributed by atoms with E-state index in [-0.39, 0.29) is 11.9 Å². The standard InChI is InChI=1S/C19H22N4O2/c24-18-19(25)23(16-8-4-5-9-16)11-10-22(18)13-15-12-17(21-20-15)14-6-2-1-3-7-14/h1-3,6-7,12,16H,4-5,8-11,13H2,(H,20,21). The van der Waals surface area contributed by atoms with Gasteiger partial charge in [0, 0.05) is 24.7 Å². The molecule has 4 rings (SSSR count). The van der Waals surface area contributed by atoms with E-state index in [2.05, 4.69) is 10.2 Å². The molecule has 1 saturated heterocycles. The van der Waals surface area contributed by atoms with Gasteiger partial charge in [0.1, 0.15) is 0 Å². The molecule has 2 heterocycles. The maximum Gasteiger partial charge on any atom is 0.312 e. The second-order valence-corrected chi connectivity index (χ2v) is 6.81. The summed E-state index contributed by atoms with van der Waals surface area (Å²) in [5, 5.41) is 7.30. The Bertz CT molecular complexity index is 765. The number of H-pyrrole nitrogens is 1. The molecule has 1 aliphatic heterocycles. The number of hydrogen-bond donors (Lipinski definition) is 1. The number of piperazine rings is 1. The van der Waals surface area contributed by atoms with Crippen molar-refractivity contribution in [2.24, 2.45) is 0 Å². The number of aromatic nitrogens is 2. The zero-order valence-corrected chi connectivity index (χ0v) is 14.1. The summed E-state index contributed by atoms with van der Waals surface area (Å²) in [5.74, 6) is -0.741. The summed E-state index contributed by atoms with van der Waals surface area (Å²) < 4.78 is 0. The number of nitrogens with zero attached hydrogens (tertiary/aromatic N) is 3. The molecule has 1 saturated carbocycles. The smallest absolute Gasteiger partial charge is 0.312 e. The Kier molecular flexibility index (Phi) is 4.26. The topological polar surface area (TPSA) is 69.3 Å². The van der Waals surface area contributed by atoms with E-state index in [4.69, 9.17) is 0 Å². The number of rotatable bonds is 4. The molecule has 0 unspecified atom stereocenters. The molecule has 0 radical (unpaired) electrons. The second-order valence-electron chi connectivity index (χ2n) is 6.81. The molecule has 2 aliphatic rings. The van der Waals surface area contributed by atoms with Crippen molar-refractivity contribution < 1.29 is 9.59 Å². The van der Waals surface area contributed by atoms with Gasteiger partial charge in [-0.25, -0.2) is 0 Å². The first-order valence-corrected chi connectivity index (χ1v) is 8.92. The first-order valence-electron chi connectivity index (χ1n) is 8.92. The molecule has 0 atom stereocenters. The van der Waals surface area contributed by atoms with Crippen LogP contribution in [0.3, 0.4) is 0 Å². The van der Waals surface area contributed by atoms with Crippen LogP contribution >= 0.6 is 0 Å². The van der Waals surface area contributed by atoms with Gasteiger partial charge >= 0.3 is 11.8 Å². The normalized spacial score (nSPS) is 19.0. The number of carbonyl (C=O) groups excluding carboxylic acids is 2. The molecule has 6 heteroatoms. The van der Waals surface area contributed by atoms with E-state index in [1.165, 1.54) is 0 Å². The summed E-state index contributed by atoms with van der Waals surface area (Å²) in [6.45, 7) is 1.61. The molecule has 1 aliphatic carbocycles. The van der Waals surface area contributed by atoms with E-state index in [0.29, 0.717) is 19.6 Å². The molecule has 2 aromatic rings. The third-order valence-electron chi connectivity index (χ3n) is 5.17. The maximum atomic E-state index is 12.5. The molecule has 2 amide bonds. The lowest BCUT2D eigenvalue weighted by Crippen LogP contribution is -2.56. The average molecular weight is 338 g/mol. The van der Waals surface area contributed by atoms with Gasteiger partial charge in [-0.2, -0.15) is 5.10 Å². The molecule has 25 heavy (non-hydrogen) atoms. The van der Waals surface area contributed by atoms with Gasteiger partial charge in [-0.1, -0.05) is 43.2 Å². The highest BCUT2D eigenvalue weighted by atomic mass is 16.2. The summed E-state index contributed by atoms with van der Waals surface area (Å²) in [6.07, 6.45) is 4.37. The first kappa shape index (κ1) is 15.9. The fraction of sp³-hybridized carbons (Fsp3) is 0.421. The highest BCUT2D eigenvalue weighted by Crippen LogP contribution is 2.25. The van der Waals surface area contributed by atoms with E-state index in [0.717, 1.165) is 42.6 Å². The fourth-order valence-electron chi connectivity index (χ4n) is 3.81. The van der Waals surface area contributed by atoms with E-state index in [1.54, 1.807) is 9.80 Å². The van der Waals surface area contributed by atoms with Crippen molar-refractivity contribution in [3.05, 3.63) is 42.1 Å². The summed E-state index contributed by atoms with van der Waals surface area (Å²) in [5.41, 5.74) is 2.71. The van der Waals surface area contributed by atoms with Crippen LogP contribution in [0.4, 0.5) is 0 Å². The molecule has 1 aromatic heterocycles. The summed E-state index contributed by atoms with van der Waals surface area (Å²) in [4.78, 5) is 28.3. The minimum atomic E-state index is -0.394. The fourth-order valence-corrected chi connectivity index (χ4v) is 3.81. The number of benzene rings is 1. The minimum Gasteiger partial charge on any atom is -0.330 e. The second kappa shape index (κ2) is 6.70. The minimum absolute atomic E-state index is 0.260. The molecule has 130 valence electrons. The van der Waals surface area contributed by atoms with Crippen molar-refractivity contribution in [3.8, 4) is 11.3 Å². The third kappa shape index (κ3) is 3.16. The average Bonchev–Trinajstić information content (AvgIpc) is 3.32. The van der Waals surface area contributed by atoms with Crippen molar-refractivity contribution in [3.63, 3.8) is 0 Å². The van der Waals surface area contributed by atoms with Gasteiger partial charge in [0.05, 0.1) is 17.9 Å². The van der Waals surface area contributed by atoms with Crippen LogP contribution in [0.25, 0.3) is 11.3 Å². The number of nitrogens with one attached hydrogen (secondary N) is 1. The SMILES string of the molecule is O=C1C(=O)N(C2CCCC2)CCN1Cc1cc(-c2ccccc2)n[nH]1. The van der Waals surface area contributed by atoms with Gasteiger partial charge in [0.25, 0.3) is 0 Å². The van der Waals surface area contributed by atoms with Crippen molar-refractivity contribution in [1.29, 1.82) is 0 Å². The Hall–Kier alpha value is -2.63. The molecular formula is C19H22N4O2. The molecule has 1 aromatic carbocycles. The van der Waals surface area contributed by atoms with Crippen LogP contribution in [0.15, 0.2) is 36.4 Å². The number of aromatic amines is 1. The quantitative estimate of drug-likeness (QED) is 0.869. The summed E-state index contributed by atoms with van der Waals surface area (Å²) in [7, 11) is 0. The van der Waals surface area contributed by atoms with Crippen molar-refractivity contribution >= 4 is 11.8 Å². The van der Waals surface area contributed by atoms with E-state index in [9.17, 15) is 9.59 Å². The molecule has 2 fully saturated rings. The Morgan fingerprint density at radius 3 is 2.56 bits per heavy atom. The summed E-state index contributed by atoms with van der Waals surface area (Å²) in [6, 6.07) is 12.1. The van der Waals surface area contributed by atoms with Crippen LogP contribution in [0.5, 0.6) is 0 Å². The van der Waals surface area contributed by atoms with Gasteiger partial charge in [0.15, 0.2) is 0 Å². The van der Waals surface area contributed by atoms with Crippen molar-refractivity contribution in [2.75, 3.05) is 13.1 Å². The Morgan fingerprint density at radius 2 is 1.80 bits per heavy atom. The molecular weight excluding hydrogens is 316 g/mol. The van der Waals surface area contributed by atoms with Crippen LogP contribution < -0.4 is 0 Å². The predicted molar refractivity (Wildman–Crippen MR) is 93.4 cm³/mol. The highest BCUT2D eigenvalue weighted by Gasteiger charge is 2.37. The van der Waals surface area contributed by atoms with Crippen molar-refractivity contribution in [1.82, 2.24) is 20.0 Å². The monoisotopic (exact) mass is 338 g/mol. The predicted octanol–water partition coefficient (Wildman–Crippen LogP) is 2.19. The lowest BCUT2D eigenvalue weighted by atomic mass is 10.1. The lowest BCUT2D eigenvalue weighted by molar-refractivity contribution is -0.158. The van der Waals surface area contributed by atoms with Gasteiger partial charge in [-0.3, -0.25) is 14.7 Å². The number of amides is 2. The van der Waals surface area contributed by atoms with Crippen LogP contribution in [0.2, 0.25) is 0 Å². The van der Waals surface area contributed by atoms with E-state index >= 15 is 0 Å². The highest BCUT2D eigenvalue weighted by molar-refractivity contribution is 6.35. The van der Waals surface area contributed by atoms with Crippen LogP contribution in [0, 0.1) is 0 Å². The Labute approximate surface area is 146 Å². The molecule has 6 nitrogen and oxygen atoms in total. The van der Waals surface area contributed by atoms with Gasteiger partial charge in [0.2, 0.25) is 0 Å². The first-order chi connectivity index (χ1) is 12.2. The number of hydrogen-bond acceptors (Lipinski definition) is 3. The Morgan fingerprint density at radius 1 is 1.04 bits per heavy atom. The Balaban J connectivity index is 1.43. The molecule has 1 N–H and O–H groups in total. The third-order valence-corrected chi connectivity index (χ3v) is 5.17. The van der Waals surface area contributed by atoms with Gasteiger partial charge in [-0.15, -0.1) is 0 Å². The lowest BCUT2D eigenvalue weighted by Gasteiger charge is -2.36. The summed E-state index contributed by atoms with van der Waals surface area (Å²) >= 11 is 0. The van der Waals surface area contributed by atoms with Gasteiger partial charge < -0.3 is 9.80 Å². The zero-order valence-electron chi connectivity index (χ0n) is 14.1. The van der Waals surface area contributed by atoms with E-state index in [1.807, 2.05) is 36.4 Å². The van der Waals surface area contributed by atoms with E-state index < -0.39 is 5.91 Å². The largest absolute Gasteiger partial charge is 0.330 e. The zero-order chi connectivity index (χ0) is 17.2. The van der Waals surface area contributed by atoms with Crippen molar-refractivity contribution in [2.45, 2.75) is 38.3 Å². The van der Waals surface area contributed by atoms with Crippen LogP contribution in [-0.2, 0) is 16.1 Å².